The van der Waals surface area contributed by atoms with E-state index in [1.807, 2.05) is 0 Å². The van der Waals surface area contributed by atoms with E-state index in [0.29, 0.717) is 0 Å². The summed E-state index contributed by atoms with van der Waals surface area (Å²) in [5, 5.41) is 0. The molecule has 0 saturated carbocycles. The van der Waals surface area contributed by atoms with Crippen molar-refractivity contribution < 1.29 is 13.5 Å². The zero-order chi connectivity index (χ0) is 5.91. The fourth-order valence-corrected chi connectivity index (χ4v) is 0.273. The number of ether oxygens (including phenoxy) is 1. The van der Waals surface area contributed by atoms with E-state index in [1.54, 1.807) is 0 Å². The number of halogens is 3. The van der Waals surface area contributed by atoms with Gasteiger partial charge >= 0.3 is 5.57 Å². The predicted molar refractivity (Wildman–Crippen MR) is 22.4 cm³/mol. The fraction of sp³-hybridized carbons (Fsp3) is 1.00. The Hall–Kier alpha value is 0.110. The first-order valence-corrected chi connectivity index (χ1v) is 2.14. The zero-order valence-corrected chi connectivity index (χ0v) is 4.51. The number of hydrogen-bond donors (Lipinski definition) is 0. The van der Waals surface area contributed by atoms with Crippen molar-refractivity contribution in [2.45, 2.75) is 12.5 Å². The maximum atomic E-state index is 11.3. The minimum absolute atomic E-state index is 0.0729. The molecule has 0 aromatic heterocycles. The molecule has 0 fully saturated rings. The summed E-state index contributed by atoms with van der Waals surface area (Å²) in [5.41, 5.74) is -3.48. The second-order valence-electron chi connectivity index (χ2n) is 0.879. The van der Waals surface area contributed by atoms with Crippen LogP contribution in [0.15, 0.2) is 0 Å². The van der Waals surface area contributed by atoms with Crippen molar-refractivity contribution in [1.82, 2.24) is 0 Å². The van der Waals surface area contributed by atoms with Gasteiger partial charge in [0.15, 0.2) is 0 Å². The van der Waals surface area contributed by atoms with Crippen LogP contribution in [0.25, 0.3) is 0 Å². The Morgan fingerprint density at radius 1 is 1.71 bits per heavy atom. The van der Waals surface area contributed by atoms with Gasteiger partial charge in [-0.05, 0) is 18.5 Å². The van der Waals surface area contributed by atoms with Crippen LogP contribution >= 0.6 is 11.6 Å². The Balaban J connectivity index is 3.15. The van der Waals surface area contributed by atoms with Gasteiger partial charge in [-0.2, -0.15) is 8.78 Å². The largest absolute Gasteiger partial charge is 0.440 e. The van der Waals surface area contributed by atoms with Gasteiger partial charge in [-0.3, -0.25) is 0 Å². The Morgan fingerprint density at radius 3 is 2.14 bits per heavy atom. The molecule has 0 saturated heterocycles. The van der Waals surface area contributed by atoms with Gasteiger partial charge in [0.2, 0.25) is 0 Å². The van der Waals surface area contributed by atoms with Crippen molar-refractivity contribution in [3.05, 3.63) is 0 Å². The van der Waals surface area contributed by atoms with Gasteiger partial charge in [0.1, 0.15) is 0 Å². The van der Waals surface area contributed by atoms with E-state index in [1.165, 1.54) is 6.92 Å². The zero-order valence-electron chi connectivity index (χ0n) is 3.75. The summed E-state index contributed by atoms with van der Waals surface area (Å²) >= 11 is 4.28. The number of hydrogen-bond acceptors (Lipinski definition) is 1. The van der Waals surface area contributed by atoms with Gasteiger partial charge in [-0.1, -0.05) is 0 Å². The molecule has 44 valence electrons. The first-order chi connectivity index (χ1) is 3.06. The topological polar surface area (TPSA) is 9.23 Å². The van der Waals surface area contributed by atoms with Crippen LogP contribution < -0.4 is 0 Å². The molecule has 0 N–H and O–H groups in total. The molecule has 0 atom stereocenters. The van der Waals surface area contributed by atoms with Crippen LogP contribution in [0.3, 0.4) is 0 Å². The van der Waals surface area contributed by atoms with E-state index in [9.17, 15) is 8.78 Å². The molecule has 7 heavy (non-hydrogen) atoms. The maximum absolute atomic E-state index is 11.3. The van der Waals surface area contributed by atoms with E-state index < -0.39 is 5.57 Å². The highest BCUT2D eigenvalue weighted by Crippen LogP contribution is 2.18. The summed E-state index contributed by atoms with van der Waals surface area (Å²) in [6.45, 7) is 1.37. The van der Waals surface area contributed by atoms with Crippen LogP contribution in [0.1, 0.15) is 6.92 Å². The highest BCUT2D eigenvalue weighted by Gasteiger charge is 2.23. The lowest BCUT2D eigenvalue weighted by Crippen LogP contribution is -2.10. The number of rotatable bonds is 2. The highest BCUT2D eigenvalue weighted by molar-refractivity contribution is 6.20. The average molecular weight is 131 g/mol. The van der Waals surface area contributed by atoms with Gasteiger partial charge in [0.25, 0.3) is 0 Å². The van der Waals surface area contributed by atoms with E-state index in [4.69, 9.17) is 0 Å². The monoisotopic (exact) mass is 130 g/mol. The SMILES string of the molecule is CCOC(F)(F)Cl. The average Bonchev–Trinajstić information content (AvgIpc) is 1.30. The quantitative estimate of drug-likeness (QED) is 0.518. The van der Waals surface area contributed by atoms with Gasteiger partial charge in [-0.15, -0.1) is 0 Å². The molecule has 0 aliphatic carbocycles. The van der Waals surface area contributed by atoms with Crippen molar-refractivity contribution in [2.75, 3.05) is 6.61 Å². The second-order valence-corrected chi connectivity index (χ2v) is 1.32. The summed E-state index contributed by atoms with van der Waals surface area (Å²) in [5.74, 6) is 0. The molecular weight excluding hydrogens is 125 g/mol. The third-order valence-corrected chi connectivity index (χ3v) is 0.417. The summed E-state index contributed by atoms with van der Waals surface area (Å²) in [6.07, 6.45) is 0. The lowest BCUT2D eigenvalue weighted by Gasteiger charge is -2.03. The van der Waals surface area contributed by atoms with Crippen molar-refractivity contribution in [2.24, 2.45) is 0 Å². The van der Waals surface area contributed by atoms with Gasteiger partial charge in [0, 0.05) is 0 Å². The van der Waals surface area contributed by atoms with Crippen LogP contribution in [-0.2, 0) is 4.74 Å². The van der Waals surface area contributed by atoms with Crippen molar-refractivity contribution in [3.63, 3.8) is 0 Å². The molecule has 0 unspecified atom stereocenters. The summed E-state index contributed by atoms with van der Waals surface area (Å²) in [7, 11) is 0. The Bertz CT molecular complexity index is 51.4. The smallest absolute Gasteiger partial charge is 0.307 e. The normalized spacial score (nSPS) is 12.0. The molecule has 0 spiro atoms. The van der Waals surface area contributed by atoms with Crippen molar-refractivity contribution >= 4 is 11.6 Å². The van der Waals surface area contributed by atoms with Gasteiger partial charge < -0.3 is 4.74 Å². The molecule has 0 bridgehead atoms. The van der Waals surface area contributed by atoms with Gasteiger partial charge in [-0.25, -0.2) is 0 Å². The maximum Gasteiger partial charge on any atom is 0.440 e. The lowest BCUT2D eigenvalue weighted by atomic mass is 10.9. The van der Waals surface area contributed by atoms with Crippen molar-refractivity contribution in [3.8, 4) is 0 Å². The summed E-state index contributed by atoms with van der Waals surface area (Å²) < 4.78 is 26.2. The predicted octanol–water partition coefficient (Wildman–Crippen LogP) is 1.81. The lowest BCUT2D eigenvalue weighted by molar-refractivity contribution is -0.166. The molecule has 0 aliphatic heterocycles. The van der Waals surface area contributed by atoms with Gasteiger partial charge in [0.05, 0.1) is 6.61 Å². The molecule has 0 heterocycles. The van der Waals surface area contributed by atoms with E-state index in [0.717, 1.165) is 0 Å². The third-order valence-electron chi connectivity index (χ3n) is 0.308. The molecule has 0 rings (SSSR count). The fourth-order valence-electron chi connectivity index (χ4n) is 0.164. The molecule has 0 aliphatic rings. The Labute approximate surface area is 45.2 Å². The molecule has 0 amide bonds. The first-order valence-electron chi connectivity index (χ1n) is 1.77. The minimum atomic E-state index is -3.48. The number of alkyl halides is 3. The van der Waals surface area contributed by atoms with E-state index >= 15 is 0 Å². The molecule has 0 aromatic rings. The Morgan fingerprint density at radius 2 is 2.14 bits per heavy atom. The molecular formula is C3H5ClF2O. The van der Waals surface area contributed by atoms with E-state index in [-0.39, 0.29) is 6.61 Å². The molecule has 0 radical (unpaired) electrons. The van der Waals surface area contributed by atoms with Crippen LogP contribution in [0.5, 0.6) is 0 Å². The van der Waals surface area contributed by atoms with Crippen LogP contribution in [0.2, 0.25) is 0 Å². The second kappa shape index (κ2) is 2.43. The Kier molecular flexibility index (Phi) is 2.46. The molecule has 1 nitrogen and oxygen atoms in total. The first kappa shape index (κ1) is 7.11. The third kappa shape index (κ3) is 6.11. The highest BCUT2D eigenvalue weighted by atomic mass is 35.5. The summed E-state index contributed by atoms with van der Waals surface area (Å²) in [4.78, 5) is 0. The minimum Gasteiger partial charge on any atom is -0.307 e. The summed E-state index contributed by atoms with van der Waals surface area (Å²) in [6, 6.07) is 0. The van der Waals surface area contributed by atoms with Crippen LogP contribution in [0.4, 0.5) is 8.78 Å². The molecule has 4 heteroatoms. The van der Waals surface area contributed by atoms with Crippen LogP contribution in [0, 0.1) is 0 Å². The van der Waals surface area contributed by atoms with Crippen molar-refractivity contribution in [1.29, 1.82) is 0 Å². The molecule has 0 aromatic carbocycles. The standard InChI is InChI=1S/C3H5ClF2O/c1-2-7-3(4,5)6/h2H2,1H3. The van der Waals surface area contributed by atoms with E-state index in [2.05, 4.69) is 16.3 Å². The van der Waals surface area contributed by atoms with Crippen LogP contribution in [-0.4, -0.2) is 12.2 Å².